The highest BCUT2D eigenvalue weighted by molar-refractivity contribution is 6.62. The third-order valence-corrected chi connectivity index (χ3v) is 4.97. The van der Waals surface area contributed by atoms with E-state index in [-0.39, 0.29) is 17.1 Å². The normalized spacial score (nSPS) is 23.2. The summed E-state index contributed by atoms with van der Waals surface area (Å²) in [6.07, 6.45) is 0. The van der Waals surface area contributed by atoms with Crippen LogP contribution in [0.25, 0.3) is 0 Å². The lowest BCUT2D eigenvalue weighted by atomic mass is 9.79. The molecule has 2 saturated heterocycles. The summed E-state index contributed by atoms with van der Waals surface area (Å²) in [5.74, 6) is -0.114. The maximum Gasteiger partial charge on any atom is 0.494 e. The van der Waals surface area contributed by atoms with Crippen LogP contribution in [0.2, 0.25) is 0 Å². The molecule has 2 fully saturated rings. The zero-order valence-corrected chi connectivity index (χ0v) is 14.8. The van der Waals surface area contributed by atoms with Crippen LogP contribution in [0.5, 0.6) is 0 Å². The molecule has 0 unspecified atom stereocenters. The molecule has 1 amide bonds. The minimum atomic E-state index is -0.411. The third-order valence-electron chi connectivity index (χ3n) is 4.97. The van der Waals surface area contributed by atoms with Crippen molar-refractivity contribution in [2.24, 2.45) is 0 Å². The Morgan fingerprint density at radius 1 is 1.04 bits per heavy atom. The highest BCUT2D eigenvalue weighted by atomic mass is 16.7. The molecule has 0 radical (unpaired) electrons. The lowest BCUT2D eigenvalue weighted by Crippen LogP contribution is -2.48. The molecule has 1 aromatic rings. The van der Waals surface area contributed by atoms with Crippen LogP contribution in [0.15, 0.2) is 24.3 Å². The topological polar surface area (TPSA) is 60.0 Å². The fraction of sp³-hybridized carbons (Fsp3) is 0.588. The summed E-state index contributed by atoms with van der Waals surface area (Å²) in [5.41, 5.74) is 3.69. The molecule has 0 aromatic heterocycles. The first kappa shape index (κ1) is 17.4. The van der Waals surface area contributed by atoms with Crippen LogP contribution in [0, 0.1) is 0 Å². The second kappa shape index (κ2) is 6.48. The predicted octanol–water partition coefficient (Wildman–Crippen LogP) is 0.963. The molecule has 2 heterocycles. The first-order valence-corrected chi connectivity index (χ1v) is 8.38. The van der Waals surface area contributed by atoms with Crippen LogP contribution in [0.1, 0.15) is 38.1 Å². The molecule has 24 heavy (non-hydrogen) atoms. The molecule has 6 nitrogen and oxygen atoms in total. The van der Waals surface area contributed by atoms with E-state index in [9.17, 15) is 4.79 Å². The van der Waals surface area contributed by atoms with Crippen LogP contribution < -0.4 is 10.9 Å². The molecule has 0 atom stereocenters. The number of rotatable bonds is 3. The standard InChI is InChI=1S/C17H25BN2O4/c1-16(2)17(3,4)24-18(23-16)14-7-5-13(6-8-14)15(21)19-20-9-11-22-12-10-20/h5-8H,9-12H2,1-4H3,(H,19,21). The number of hydrogen-bond acceptors (Lipinski definition) is 5. The quantitative estimate of drug-likeness (QED) is 0.836. The van der Waals surface area contributed by atoms with Crippen molar-refractivity contribution in [1.29, 1.82) is 0 Å². The summed E-state index contributed by atoms with van der Waals surface area (Å²) >= 11 is 0. The van der Waals surface area contributed by atoms with Crippen molar-refractivity contribution in [3.63, 3.8) is 0 Å². The second-order valence-corrected chi connectivity index (χ2v) is 7.25. The second-order valence-electron chi connectivity index (χ2n) is 7.25. The number of hydrazine groups is 1. The Morgan fingerprint density at radius 3 is 2.12 bits per heavy atom. The number of nitrogens with one attached hydrogen (secondary N) is 1. The number of benzene rings is 1. The summed E-state index contributed by atoms with van der Waals surface area (Å²) in [4.78, 5) is 12.3. The number of carbonyl (C=O) groups excluding carboxylic acids is 1. The van der Waals surface area contributed by atoms with Crippen LogP contribution in [-0.2, 0) is 14.0 Å². The molecule has 3 rings (SSSR count). The Kier molecular flexibility index (Phi) is 4.70. The monoisotopic (exact) mass is 332 g/mol. The summed E-state index contributed by atoms with van der Waals surface area (Å²) in [6, 6.07) is 7.37. The smallest absolute Gasteiger partial charge is 0.399 e. The van der Waals surface area contributed by atoms with Gasteiger partial charge in [-0.1, -0.05) is 12.1 Å². The van der Waals surface area contributed by atoms with E-state index in [4.69, 9.17) is 14.0 Å². The SMILES string of the molecule is CC1(C)OB(c2ccc(C(=O)NN3CCOCC3)cc2)OC1(C)C. The van der Waals surface area contributed by atoms with E-state index in [1.165, 1.54) is 0 Å². The summed E-state index contributed by atoms with van der Waals surface area (Å²) < 4.78 is 17.3. The van der Waals surface area contributed by atoms with Crippen molar-refractivity contribution in [1.82, 2.24) is 10.4 Å². The van der Waals surface area contributed by atoms with Gasteiger partial charge in [0.1, 0.15) is 0 Å². The largest absolute Gasteiger partial charge is 0.494 e. The lowest BCUT2D eigenvalue weighted by Gasteiger charge is -2.32. The van der Waals surface area contributed by atoms with Crippen LogP contribution in [0.3, 0.4) is 0 Å². The van der Waals surface area contributed by atoms with E-state index in [0.29, 0.717) is 31.9 Å². The van der Waals surface area contributed by atoms with Gasteiger partial charge in [-0.2, -0.15) is 0 Å². The first-order valence-electron chi connectivity index (χ1n) is 8.38. The number of ether oxygens (including phenoxy) is 1. The lowest BCUT2D eigenvalue weighted by molar-refractivity contribution is 0.00578. The van der Waals surface area contributed by atoms with Crippen molar-refractivity contribution in [3.8, 4) is 0 Å². The molecule has 130 valence electrons. The molecule has 0 bridgehead atoms. The maximum atomic E-state index is 12.3. The van der Waals surface area contributed by atoms with Gasteiger partial charge in [0.15, 0.2) is 0 Å². The van der Waals surface area contributed by atoms with Gasteiger partial charge in [-0.05, 0) is 45.3 Å². The van der Waals surface area contributed by atoms with Gasteiger partial charge in [0, 0.05) is 18.7 Å². The Labute approximate surface area is 143 Å². The van der Waals surface area contributed by atoms with Crippen molar-refractivity contribution in [2.75, 3.05) is 26.3 Å². The molecule has 7 heteroatoms. The first-order chi connectivity index (χ1) is 11.3. The van der Waals surface area contributed by atoms with Gasteiger partial charge in [0.25, 0.3) is 5.91 Å². The molecule has 1 aromatic carbocycles. The highest BCUT2D eigenvalue weighted by Gasteiger charge is 2.51. The van der Waals surface area contributed by atoms with E-state index in [0.717, 1.165) is 5.46 Å². The van der Waals surface area contributed by atoms with Crippen LogP contribution in [0.4, 0.5) is 0 Å². The zero-order valence-electron chi connectivity index (χ0n) is 14.8. The molecule has 0 spiro atoms. The number of carbonyl (C=O) groups is 1. The minimum Gasteiger partial charge on any atom is -0.399 e. The van der Waals surface area contributed by atoms with Gasteiger partial charge in [-0.15, -0.1) is 0 Å². The van der Waals surface area contributed by atoms with E-state index in [2.05, 4.69) is 5.43 Å². The molecule has 1 N–H and O–H groups in total. The van der Waals surface area contributed by atoms with Gasteiger partial charge >= 0.3 is 7.12 Å². The van der Waals surface area contributed by atoms with Crippen molar-refractivity contribution in [3.05, 3.63) is 29.8 Å². The average Bonchev–Trinajstić information content (AvgIpc) is 2.76. The number of morpholine rings is 1. The summed E-state index contributed by atoms with van der Waals surface area (Å²) in [6.45, 7) is 10.8. The van der Waals surface area contributed by atoms with Crippen LogP contribution >= 0.6 is 0 Å². The van der Waals surface area contributed by atoms with Crippen molar-refractivity contribution in [2.45, 2.75) is 38.9 Å². The van der Waals surface area contributed by atoms with Gasteiger partial charge < -0.3 is 14.0 Å². The number of nitrogens with zero attached hydrogens (tertiary/aromatic N) is 1. The minimum absolute atomic E-state index is 0.114. The van der Waals surface area contributed by atoms with Crippen molar-refractivity contribution >= 4 is 18.5 Å². The van der Waals surface area contributed by atoms with Crippen LogP contribution in [-0.4, -0.2) is 55.5 Å². The van der Waals surface area contributed by atoms with Gasteiger partial charge in [0.2, 0.25) is 0 Å². The fourth-order valence-corrected chi connectivity index (χ4v) is 2.65. The molecule has 2 aliphatic heterocycles. The Morgan fingerprint density at radius 2 is 1.58 bits per heavy atom. The highest BCUT2D eigenvalue weighted by Crippen LogP contribution is 2.36. The van der Waals surface area contributed by atoms with Crippen molar-refractivity contribution < 1.29 is 18.8 Å². The van der Waals surface area contributed by atoms with Gasteiger partial charge in [-0.3, -0.25) is 10.2 Å². The van der Waals surface area contributed by atoms with E-state index < -0.39 is 7.12 Å². The third kappa shape index (κ3) is 3.49. The number of hydrogen-bond donors (Lipinski definition) is 1. The Balaban J connectivity index is 1.64. The Hall–Kier alpha value is -1.41. The average molecular weight is 332 g/mol. The number of amides is 1. The predicted molar refractivity (Wildman–Crippen MR) is 92.0 cm³/mol. The van der Waals surface area contributed by atoms with Gasteiger partial charge in [-0.25, -0.2) is 5.01 Å². The summed E-state index contributed by atoms with van der Waals surface area (Å²) in [5, 5.41) is 1.88. The van der Waals surface area contributed by atoms with E-state index in [1.54, 1.807) is 12.1 Å². The molecular weight excluding hydrogens is 307 g/mol. The zero-order chi connectivity index (χ0) is 17.4. The molecule has 0 saturated carbocycles. The van der Waals surface area contributed by atoms with E-state index >= 15 is 0 Å². The molecule has 2 aliphatic rings. The maximum absolute atomic E-state index is 12.3. The molecular formula is C17H25BN2O4. The Bertz CT molecular complexity index is 581. The summed E-state index contributed by atoms with van der Waals surface area (Å²) in [7, 11) is -0.411. The molecule has 0 aliphatic carbocycles. The van der Waals surface area contributed by atoms with Gasteiger partial charge in [0.05, 0.1) is 24.4 Å². The fourth-order valence-electron chi connectivity index (χ4n) is 2.65. The van der Waals surface area contributed by atoms with E-state index in [1.807, 2.05) is 44.8 Å².